The summed E-state index contributed by atoms with van der Waals surface area (Å²) in [6.45, 7) is 9.99. The number of hydrogen-bond acceptors (Lipinski definition) is 3. The maximum Gasteiger partial charge on any atom is 0.410 e. The molecule has 0 aromatic heterocycles. The Morgan fingerprint density at radius 2 is 1.87 bits per heavy atom. The van der Waals surface area contributed by atoms with Gasteiger partial charge in [-0.3, -0.25) is 9.69 Å². The number of hydrogen-bond donors (Lipinski definition) is 0. The molecular formula is C16H24F2N2O3. The van der Waals surface area contributed by atoms with E-state index in [2.05, 4.69) is 6.58 Å². The quantitative estimate of drug-likeness (QED) is 0.695. The van der Waals surface area contributed by atoms with Crippen molar-refractivity contribution < 1.29 is 23.1 Å². The highest BCUT2D eigenvalue weighted by Crippen LogP contribution is 2.52. The lowest BCUT2D eigenvalue weighted by Crippen LogP contribution is -2.73. The van der Waals surface area contributed by atoms with Gasteiger partial charge in [0.2, 0.25) is 5.91 Å². The predicted octanol–water partition coefficient (Wildman–Crippen LogP) is 2.67. The second kappa shape index (κ2) is 5.46. The van der Waals surface area contributed by atoms with E-state index in [4.69, 9.17) is 4.74 Å². The van der Waals surface area contributed by atoms with Crippen LogP contribution in [-0.4, -0.2) is 59.0 Å². The molecule has 0 aromatic rings. The van der Waals surface area contributed by atoms with E-state index >= 15 is 0 Å². The van der Waals surface area contributed by atoms with Gasteiger partial charge in [-0.05, 0) is 40.2 Å². The summed E-state index contributed by atoms with van der Waals surface area (Å²) in [6.07, 6.45) is 0.548. The molecule has 2 heterocycles. The Morgan fingerprint density at radius 1 is 1.30 bits per heavy atom. The Hall–Kier alpha value is -1.66. The number of rotatable bonds is 1. The summed E-state index contributed by atoms with van der Waals surface area (Å²) in [5, 5.41) is 0. The summed E-state index contributed by atoms with van der Waals surface area (Å²) in [7, 11) is 0. The molecule has 2 aliphatic rings. The van der Waals surface area contributed by atoms with Gasteiger partial charge in [0.25, 0.3) is 5.92 Å². The Bertz CT molecular complexity index is 522. The zero-order valence-electron chi connectivity index (χ0n) is 14.1. The number of halogens is 2. The molecule has 0 radical (unpaired) electrons. The Kier molecular flexibility index (Phi) is 4.20. The molecule has 0 aliphatic carbocycles. The highest BCUT2D eigenvalue weighted by Gasteiger charge is 2.67. The fourth-order valence-electron chi connectivity index (χ4n) is 3.24. The van der Waals surface area contributed by atoms with Crippen molar-refractivity contribution in [2.24, 2.45) is 5.41 Å². The van der Waals surface area contributed by atoms with Gasteiger partial charge < -0.3 is 9.64 Å². The largest absolute Gasteiger partial charge is 0.444 e. The number of nitrogens with zero attached hydrogens (tertiary/aromatic N) is 2. The van der Waals surface area contributed by atoms with Crippen molar-refractivity contribution in [3.8, 4) is 0 Å². The van der Waals surface area contributed by atoms with Crippen LogP contribution in [0.1, 0.15) is 34.1 Å². The Labute approximate surface area is 135 Å². The van der Waals surface area contributed by atoms with Crippen LogP contribution in [0.25, 0.3) is 0 Å². The minimum atomic E-state index is -3.08. The average molecular weight is 330 g/mol. The second-order valence-electron chi connectivity index (χ2n) is 7.40. The molecule has 7 heteroatoms. The van der Waals surface area contributed by atoms with E-state index in [1.807, 2.05) is 0 Å². The third-order valence-corrected chi connectivity index (χ3v) is 4.63. The van der Waals surface area contributed by atoms with Crippen LogP contribution in [0.15, 0.2) is 12.7 Å². The summed E-state index contributed by atoms with van der Waals surface area (Å²) >= 11 is 0. The predicted molar refractivity (Wildman–Crippen MR) is 81.2 cm³/mol. The van der Waals surface area contributed by atoms with Gasteiger partial charge in [0.05, 0.1) is 11.5 Å². The van der Waals surface area contributed by atoms with Crippen molar-refractivity contribution in [3.05, 3.63) is 12.7 Å². The zero-order valence-corrected chi connectivity index (χ0v) is 14.1. The SMILES string of the molecule is C=CC(=O)N1CC2(CCN(C(=O)OC(C)(C)C)C(C)C2(F)F)C1. The van der Waals surface area contributed by atoms with Crippen LogP contribution in [0, 0.1) is 5.41 Å². The standard InChI is InChI=1S/C16H24F2N2O3/c1-6-12(21)19-9-15(10-19)7-8-20(11(2)16(15,17)18)13(22)23-14(3,4)5/h6,11H,1,7-10H2,2-5H3. The molecule has 1 atom stereocenters. The van der Waals surface area contributed by atoms with Crippen molar-refractivity contribution in [2.45, 2.75) is 51.7 Å². The molecule has 0 saturated carbocycles. The molecule has 2 amide bonds. The van der Waals surface area contributed by atoms with E-state index in [0.717, 1.165) is 11.0 Å². The van der Waals surface area contributed by atoms with Crippen LogP contribution in [0.4, 0.5) is 13.6 Å². The first-order valence-corrected chi connectivity index (χ1v) is 7.72. The minimum Gasteiger partial charge on any atom is -0.444 e. The van der Waals surface area contributed by atoms with E-state index in [-0.39, 0.29) is 32.0 Å². The molecular weight excluding hydrogens is 306 g/mol. The minimum absolute atomic E-state index is 0.00263. The lowest BCUT2D eigenvalue weighted by atomic mass is 9.66. The van der Waals surface area contributed by atoms with Gasteiger partial charge in [0.1, 0.15) is 5.60 Å². The molecule has 0 N–H and O–H groups in total. The lowest BCUT2D eigenvalue weighted by Gasteiger charge is -2.59. The number of ether oxygens (including phenoxy) is 1. The number of likely N-dealkylation sites (tertiary alicyclic amines) is 2. The maximum absolute atomic E-state index is 14.9. The van der Waals surface area contributed by atoms with Gasteiger partial charge in [0, 0.05) is 19.6 Å². The highest BCUT2D eigenvalue weighted by molar-refractivity contribution is 5.87. The molecule has 1 spiro atoms. The fourth-order valence-corrected chi connectivity index (χ4v) is 3.24. The first kappa shape index (κ1) is 17.7. The number of alkyl halides is 2. The van der Waals surface area contributed by atoms with Crippen molar-refractivity contribution in [3.63, 3.8) is 0 Å². The zero-order chi connectivity index (χ0) is 17.6. The topological polar surface area (TPSA) is 49.9 Å². The summed E-state index contributed by atoms with van der Waals surface area (Å²) in [6, 6.07) is -1.27. The molecule has 1 unspecified atom stereocenters. The van der Waals surface area contributed by atoms with Crippen LogP contribution in [0.3, 0.4) is 0 Å². The van der Waals surface area contributed by atoms with Crippen LogP contribution in [0.2, 0.25) is 0 Å². The fraction of sp³-hybridized carbons (Fsp3) is 0.750. The first-order chi connectivity index (χ1) is 10.4. The van der Waals surface area contributed by atoms with E-state index < -0.39 is 29.1 Å². The molecule has 2 saturated heterocycles. The van der Waals surface area contributed by atoms with Crippen LogP contribution in [-0.2, 0) is 9.53 Å². The molecule has 23 heavy (non-hydrogen) atoms. The van der Waals surface area contributed by atoms with Crippen LogP contribution < -0.4 is 0 Å². The molecule has 2 rings (SSSR count). The van der Waals surface area contributed by atoms with Crippen LogP contribution >= 0.6 is 0 Å². The Balaban J connectivity index is 2.11. The second-order valence-corrected chi connectivity index (χ2v) is 7.40. The number of amides is 2. The summed E-state index contributed by atoms with van der Waals surface area (Å²) in [5.41, 5.74) is -1.99. The van der Waals surface area contributed by atoms with E-state index in [1.165, 1.54) is 11.8 Å². The third-order valence-electron chi connectivity index (χ3n) is 4.63. The molecule has 0 bridgehead atoms. The van der Waals surface area contributed by atoms with Crippen molar-refractivity contribution in [1.82, 2.24) is 9.80 Å². The monoisotopic (exact) mass is 330 g/mol. The average Bonchev–Trinajstić information content (AvgIpc) is 2.36. The van der Waals surface area contributed by atoms with Gasteiger partial charge >= 0.3 is 6.09 Å². The van der Waals surface area contributed by atoms with Crippen molar-refractivity contribution >= 4 is 12.0 Å². The maximum atomic E-state index is 14.9. The molecule has 0 aromatic carbocycles. The van der Waals surface area contributed by atoms with Crippen molar-refractivity contribution in [2.75, 3.05) is 19.6 Å². The first-order valence-electron chi connectivity index (χ1n) is 7.72. The van der Waals surface area contributed by atoms with Gasteiger partial charge in [-0.2, -0.15) is 0 Å². The lowest BCUT2D eigenvalue weighted by molar-refractivity contribution is -0.240. The third kappa shape index (κ3) is 2.93. The normalized spacial score (nSPS) is 25.7. The smallest absolute Gasteiger partial charge is 0.410 e. The number of carbonyl (C=O) groups excluding carboxylic acids is 2. The van der Waals surface area contributed by atoms with Gasteiger partial charge in [0.15, 0.2) is 0 Å². The van der Waals surface area contributed by atoms with Gasteiger partial charge in [-0.15, -0.1) is 0 Å². The summed E-state index contributed by atoms with van der Waals surface area (Å²) < 4.78 is 35.0. The number of carbonyl (C=O) groups is 2. The number of piperidine rings is 1. The van der Waals surface area contributed by atoms with E-state index in [9.17, 15) is 18.4 Å². The summed E-state index contributed by atoms with van der Waals surface area (Å²) in [4.78, 5) is 26.1. The molecule has 2 aliphatic heterocycles. The van der Waals surface area contributed by atoms with E-state index in [0.29, 0.717) is 0 Å². The molecule has 2 fully saturated rings. The molecule has 5 nitrogen and oxygen atoms in total. The van der Waals surface area contributed by atoms with Gasteiger partial charge in [-0.25, -0.2) is 13.6 Å². The van der Waals surface area contributed by atoms with Crippen molar-refractivity contribution in [1.29, 1.82) is 0 Å². The van der Waals surface area contributed by atoms with Crippen LogP contribution in [0.5, 0.6) is 0 Å². The Morgan fingerprint density at radius 3 is 2.35 bits per heavy atom. The summed E-state index contributed by atoms with van der Waals surface area (Å²) in [5.74, 6) is -3.42. The molecule has 130 valence electrons. The van der Waals surface area contributed by atoms with Gasteiger partial charge in [-0.1, -0.05) is 6.58 Å². The highest BCUT2D eigenvalue weighted by atomic mass is 19.3. The van der Waals surface area contributed by atoms with E-state index in [1.54, 1.807) is 20.8 Å².